The molecule has 2 aromatic heterocycles. The zero-order valence-corrected chi connectivity index (χ0v) is 19.9. The molecule has 0 amide bonds. The summed E-state index contributed by atoms with van der Waals surface area (Å²) in [5.74, 6) is 0.598. The molecule has 8 nitrogen and oxygen atoms in total. The molecule has 0 saturated heterocycles. The zero-order valence-electron chi connectivity index (χ0n) is 19.9. The van der Waals surface area contributed by atoms with Crippen LogP contribution in [-0.4, -0.2) is 35.4 Å². The van der Waals surface area contributed by atoms with E-state index >= 15 is 0 Å². The maximum absolute atomic E-state index is 9.74. The Morgan fingerprint density at radius 3 is 1.92 bits per heavy atom. The average molecular weight is 489 g/mol. The van der Waals surface area contributed by atoms with Crippen LogP contribution in [0.5, 0.6) is 0 Å². The van der Waals surface area contributed by atoms with E-state index in [-0.39, 0.29) is 6.61 Å². The quantitative estimate of drug-likeness (QED) is 0.244. The highest BCUT2D eigenvalue weighted by Crippen LogP contribution is 2.40. The lowest BCUT2D eigenvalue weighted by atomic mass is 9.77. The Hall–Kier alpha value is -4.82. The van der Waals surface area contributed by atoms with Gasteiger partial charge in [0.15, 0.2) is 5.82 Å². The third-order valence-electron chi connectivity index (χ3n) is 6.54. The van der Waals surface area contributed by atoms with Gasteiger partial charge >= 0.3 is 0 Å². The van der Waals surface area contributed by atoms with Gasteiger partial charge in [-0.2, -0.15) is 0 Å². The van der Waals surface area contributed by atoms with Gasteiger partial charge in [-0.25, -0.2) is 4.68 Å². The van der Waals surface area contributed by atoms with E-state index in [1.807, 2.05) is 77.5 Å². The van der Waals surface area contributed by atoms with E-state index in [4.69, 9.17) is 4.74 Å². The number of ether oxygens (including phenoxy) is 1. The summed E-state index contributed by atoms with van der Waals surface area (Å²) < 4.78 is 7.98. The fraction of sp³-hybridized carbons (Fsp3) is 0.103. The molecule has 4 aromatic carbocycles. The van der Waals surface area contributed by atoms with Crippen LogP contribution < -0.4 is 0 Å². The van der Waals surface area contributed by atoms with Crippen molar-refractivity contribution in [2.75, 3.05) is 0 Å². The van der Waals surface area contributed by atoms with Crippen LogP contribution in [0.1, 0.15) is 28.1 Å². The van der Waals surface area contributed by atoms with Gasteiger partial charge in [0.2, 0.25) is 0 Å². The lowest BCUT2D eigenvalue weighted by molar-refractivity contribution is 0.0967. The molecule has 0 aliphatic rings. The van der Waals surface area contributed by atoms with Gasteiger partial charge in [0.05, 0.1) is 12.8 Å². The molecule has 1 N–H and O–H groups in total. The van der Waals surface area contributed by atoms with E-state index in [2.05, 4.69) is 57.0 Å². The van der Waals surface area contributed by atoms with E-state index in [0.29, 0.717) is 17.9 Å². The molecule has 8 heteroatoms. The summed E-state index contributed by atoms with van der Waals surface area (Å²) in [7, 11) is 0. The maximum atomic E-state index is 9.74. The maximum Gasteiger partial charge on any atom is 0.178 e. The first kappa shape index (κ1) is 22.6. The highest BCUT2D eigenvalue weighted by atomic mass is 16.5. The highest BCUT2D eigenvalue weighted by molar-refractivity contribution is 5.78. The summed E-state index contributed by atoms with van der Waals surface area (Å²) in [6.45, 7) is 0.562. The van der Waals surface area contributed by atoms with E-state index in [9.17, 15) is 5.21 Å². The van der Waals surface area contributed by atoms with Gasteiger partial charge in [0.25, 0.3) is 0 Å². The molecule has 6 aromatic rings. The normalized spacial score (nSPS) is 11.7. The van der Waals surface area contributed by atoms with Crippen LogP contribution in [0.3, 0.4) is 0 Å². The van der Waals surface area contributed by atoms with Crippen molar-refractivity contribution >= 4 is 10.9 Å². The molecule has 0 aliphatic carbocycles. The van der Waals surface area contributed by atoms with Crippen molar-refractivity contribution in [3.8, 4) is 0 Å². The number of nitrogens with zero attached hydrogens (tertiary/aromatic N) is 6. The van der Waals surface area contributed by atoms with Crippen LogP contribution in [0, 0.1) is 0 Å². The summed E-state index contributed by atoms with van der Waals surface area (Å²) in [4.78, 5) is 0.866. The van der Waals surface area contributed by atoms with E-state index in [1.54, 1.807) is 6.20 Å². The summed E-state index contributed by atoms with van der Waals surface area (Å²) in [6, 6.07) is 36.5. The average Bonchev–Trinajstić information content (AvgIpc) is 3.58. The van der Waals surface area contributed by atoms with Gasteiger partial charge in [0, 0.05) is 5.39 Å². The van der Waals surface area contributed by atoms with Gasteiger partial charge in [0.1, 0.15) is 17.7 Å². The molecule has 182 valence electrons. The van der Waals surface area contributed by atoms with Crippen molar-refractivity contribution < 1.29 is 9.94 Å². The van der Waals surface area contributed by atoms with Crippen molar-refractivity contribution in [3.05, 3.63) is 143 Å². The number of fused-ring (bicyclic) bond motifs is 1. The van der Waals surface area contributed by atoms with Crippen LogP contribution in [0.25, 0.3) is 10.9 Å². The molecular formula is C29H24N6O2. The van der Waals surface area contributed by atoms with Crippen molar-refractivity contribution in [2.24, 2.45) is 0 Å². The monoisotopic (exact) mass is 488 g/mol. The minimum Gasteiger partial charge on any atom is -0.411 e. The second-order valence-corrected chi connectivity index (χ2v) is 8.74. The highest BCUT2D eigenvalue weighted by Gasteiger charge is 2.41. The van der Waals surface area contributed by atoms with Crippen molar-refractivity contribution in [2.45, 2.75) is 18.8 Å². The summed E-state index contributed by atoms with van der Waals surface area (Å²) in [5, 5.41) is 27.4. The predicted molar refractivity (Wildman–Crippen MR) is 138 cm³/mol. The molecule has 0 saturated carbocycles. The Kier molecular flexibility index (Phi) is 5.92. The molecule has 0 spiro atoms. The summed E-state index contributed by atoms with van der Waals surface area (Å²) in [6.07, 6.45) is 1.62. The van der Waals surface area contributed by atoms with E-state index in [1.165, 1.54) is 0 Å². The molecule has 0 atom stereocenters. The Balaban J connectivity index is 1.40. The summed E-state index contributed by atoms with van der Waals surface area (Å²) in [5.41, 5.74) is 3.90. The minimum atomic E-state index is -0.805. The molecule has 0 fully saturated rings. The molecule has 2 heterocycles. The molecule has 0 bridgehead atoms. The molecule has 0 radical (unpaired) electrons. The van der Waals surface area contributed by atoms with Crippen LogP contribution in [-0.2, 0) is 23.5 Å². The van der Waals surface area contributed by atoms with Gasteiger partial charge in [-0.05, 0) is 44.8 Å². The van der Waals surface area contributed by atoms with Crippen molar-refractivity contribution in [1.82, 2.24) is 30.2 Å². The van der Waals surface area contributed by atoms with E-state index < -0.39 is 5.54 Å². The number of tetrazole rings is 1. The van der Waals surface area contributed by atoms with Gasteiger partial charge in [-0.1, -0.05) is 97.1 Å². The van der Waals surface area contributed by atoms with Gasteiger partial charge in [-0.3, -0.25) is 0 Å². The molecule has 0 aliphatic heterocycles. The lowest BCUT2D eigenvalue weighted by Crippen LogP contribution is -2.40. The lowest BCUT2D eigenvalue weighted by Gasteiger charge is -2.36. The number of aromatic nitrogens is 6. The molecule has 0 unspecified atom stereocenters. The predicted octanol–water partition coefficient (Wildman–Crippen LogP) is 4.82. The van der Waals surface area contributed by atoms with Gasteiger partial charge < -0.3 is 9.94 Å². The van der Waals surface area contributed by atoms with Crippen LogP contribution in [0.4, 0.5) is 0 Å². The van der Waals surface area contributed by atoms with Crippen molar-refractivity contribution in [1.29, 1.82) is 0 Å². The molecule has 37 heavy (non-hydrogen) atoms. The number of rotatable bonds is 8. The fourth-order valence-corrected chi connectivity index (χ4v) is 4.88. The SMILES string of the molecule is On1ncc2cc(COCc3nnnn3C(c3ccccc3)(c3ccccc3)c3ccccc3)ccc21. The summed E-state index contributed by atoms with van der Waals surface area (Å²) >= 11 is 0. The minimum absolute atomic E-state index is 0.207. The Morgan fingerprint density at radius 2 is 1.32 bits per heavy atom. The number of hydrogen-bond donors (Lipinski definition) is 1. The first-order valence-electron chi connectivity index (χ1n) is 11.9. The Labute approximate surface area is 213 Å². The topological polar surface area (TPSA) is 90.9 Å². The van der Waals surface area contributed by atoms with Crippen LogP contribution in [0.15, 0.2) is 115 Å². The standard InChI is InChI=1S/C29H24N6O2/c36-35-27-17-16-22(18-23(27)19-30-35)20-37-21-28-31-32-33-34(28)29(24-10-4-1-5-11-24,25-12-6-2-7-13-25)26-14-8-3-9-15-26/h1-19,36H,20-21H2. The van der Waals surface area contributed by atoms with Crippen molar-refractivity contribution in [3.63, 3.8) is 0 Å². The van der Waals surface area contributed by atoms with Crippen LogP contribution in [0.2, 0.25) is 0 Å². The molecule has 6 rings (SSSR count). The number of benzene rings is 4. The molecular weight excluding hydrogens is 464 g/mol. The second-order valence-electron chi connectivity index (χ2n) is 8.74. The Bertz CT molecular complexity index is 1520. The zero-order chi connectivity index (χ0) is 25.1. The third-order valence-corrected chi connectivity index (χ3v) is 6.54. The second kappa shape index (κ2) is 9.67. The largest absolute Gasteiger partial charge is 0.411 e. The van der Waals surface area contributed by atoms with Gasteiger partial charge in [-0.15, -0.1) is 15.0 Å². The Morgan fingerprint density at radius 1 is 0.730 bits per heavy atom. The fourth-order valence-electron chi connectivity index (χ4n) is 4.88. The van der Waals surface area contributed by atoms with E-state index in [0.717, 1.165) is 32.5 Å². The van der Waals surface area contributed by atoms with Crippen LogP contribution >= 0.6 is 0 Å². The number of hydrogen-bond acceptors (Lipinski definition) is 6. The first-order valence-corrected chi connectivity index (χ1v) is 11.9. The third kappa shape index (κ3) is 4.03. The smallest absolute Gasteiger partial charge is 0.178 e. The first-order chi connectivity index (χ1) is 18.3.